The molecule has 3 fully saturated rings. The Hall–Kier alpha value is -2.51. The summed E-state index contributed by atoms with van der Waals surface area (Å²) >= 11 is 0. The van der Waals surface area contributed by atoms with Gasteiger partial charge in [-0.3, -0.25) is 4.79 Å². The van der Waals surface area contributed by atoms with Crippen LogP contribution in [0.15, 0.2) is 24.3 Å². The molecule has 0 saturated heterocycles. The molecule has 3 aliphatic carbocycles. The molecule has 5 nitrogen and oxygen atoms in total. The number of carbonyl (C=O) groups is 1. The molecule has 3 aliphatic rings. The number of nitrogens with zero attached hydrogens (tertiary/aromatic N) is 1. The van der Waals surface area contributed by atoms with Crippen LogP contribution in [0.4, 0.5) is 19.0 Å². The summed E-state index contributed by atoms with van der Waals surface area (Å²) in [6.07, 6.45) is 4.17. The van der Waals surface area contributed by atoms with Crippen LogP contribution in [0, 0.1) is 23.7 Å². The van der Waals surface area contributed by atoms with Gasteiger partial charge in [0.15, 0.2) is 0 Å². The predicted octanol–water partition coefficient (Wildman–Crippen LogP) is 7.29. The Bertz CT molecular complexity index is 1080. The Morgan fingerprint density at radius 1 is 1.06 bits per heavy atom. The Morgan fingerprint density at radius 3 is 2.36 bits per heavy atom. The molecule has 3 saturated carbocycles. The molecule has 196 valence electrons. The van der Waals surface area contributed by atoms with Gasteiger partial charge in [0.1, 0.15) is 17.1 Å². The van der Waals surface area contributed by atoms with Crippen LogP contribution in [0.2, 0.25) is 0 Å². The van der Waals surface area contributed by atoms with Crippen LogP contribution in [-0.4, -0.2) is 28.2 Å². The average Bonchev–Trinajstić information content (AvgIpc) is 2.83. The van der Waals surface area contributed by atoms with Crippen molar-refractivity contribution in [1.29, 1.82) is 0 Å². The van der Waals surface area contributed by atoms with E-state index in [0.717, 1.165) is 51.4 Å². The zero-order valence-electron chi connectivity index (χ0n) is 20.7. The minimum atomic E-state index is -4.56. The molecule has 0 radical (unpaired) electrons. The molecule has 2 bridgehead atoms. The lowest BCUT2D eigenvalue weighted by Crippen LogP contribution is -2.46. The van der Waals surface area contributed by atoms with Crippen molar-refractivity contribution in [3.05, 3.63) is 29.8 Å². The van der Waals surface area contributed by atoms with Crippen LogP contribution in [-0.2, 0) is 11.0 Å². The second kappa shape index (κ2) is 10.1. The van der Waals surface area contributed by atoms with Gasteiger partial charge in [0, 0.05) is 11.4 Å². The molecule has 1 aromatic heterocycles. The SMILES string of the molecule is CCC1CCC(Oc2ccc3nc(NC4C5CCCC4CC(C(=O)O)C5)ccc3c2C(F)(F)F)CC1. The molecule has 36 heavy (non-hydrogen) atoms. The molecule has 8 heteroatoms. The largest absolute Gasteiger partial charge is 0.490 e. The third kappa shape index (κ3) is 5.14. The quantitative estimate of drug-likeness (QED) is 0.432. The van der Waals surface area contributed by atoms with Gasteiger partial charge in [0.2, 0.25) is 0 Å². The smallest absolute Gasteiger partial charge is 0.420 e. The van der Waals surface area contributed by atoms with E-state index in [2.05, 4.69) is 17.2 Å². The van der Waals surface area contributed by atoms with Crippen molar-refractivity contribution >= 4 is 22.7 Å². The summed E-state index contributed by atoms with van der Waals surface area (Å²) in [7, 11) is 0. The van der Waals surface area contributed by atoms with Gasteiger partial charge in [-0.05, 0) is 93.4 Å². The number of halogens is 3. The maximum atomic E-state index is 14.2. The van der Waals surface area contributed by atoms with Crippen molar-refractivity contribution in [3.63, 3.8) is 0 Å². The average molecular weight is 505 g/mol. The lowest BCUT2D eigenvalue weighted by atomic mass is 9.64. The number of aliphatic carboxylic acids is 1. The second-order valence-electron chi connectivity index (χ2n) is 11.0. The van der Waals surface area contributed by atoms with Gasteiger partial charge in [0.05, 0.1) is 17.5 Å². The highest BCUT2D eigenvalue weighted by molar-refractivity contribution is 5.86. The van der Waals surface area contributed by atoms with Gasteiger partial charge in [-0.25, -0.2) is 4.98 Å². The summed E-state index contributed by atoms with van der Waals surface area (Å²) in [5.41, 5.74) is -0.478. The zero-order valence-corrected chi connectivity index (χ0v) is 20.7. The number of carboxylic acid groups (broad SMARTS) is 1. The number of pyridine rings is 1. The summed E-state index contributed by atoms with van der Waals surface area (Å²) in [4.78, 5) is 16.1. The van der Waals surface area contributed by atoms with E-state index in [1.54, 1.807) is 12.1 Å². The van der Waals surface area contributed by atoms with E-state index >= 15 is 0 Å². The summed E-state index contributed by atoms with van der Waals surface area (Å²) < 4.78 is 48.6. The molecule has 0 spiro atoms. The first-order valence-corrected chi connectivity index (χ1v) is 13.4. The van der Waals surface area contributed by atoms with Gasteiger partial charge >= 0.3 is 12.1 Å². The first-order chi connectivity index (χ1) is 17.2. The van der Waals surface area contributed by atoms with Crippen molar-refractivity contribution < 1.29 is 27.8 Å². The molecule has 2 N–H and O–H groups in total. The minimum absolute atomic E-state index is 0.0440. The Kier molecular flexibility index (Phi) is 7.05. The van der Waals surface area contributed by atoms with Crippen LogP contribution >= 0.6 is 0 Å². The van der Waals surface area contributed by atoms with E-state index in [1.807, 2.05) is 0 Å². The topological polar surface area (TPSA) is 71.5 Å². The van der Waals surface area contributed by atoms with Crippen molar-refractivity contribution in [2.75, 3.05) is 5.32 Å². The van der Waals surface area contributed by atoms with Gasteiger partial charge in [-0.15, -0.1) is 0 Å². The number of hydrogen-bond donors (Lipinski definition) is 2. The van der Waals surface area contributed by atoms with Crippen LogP contribution in [0.25, 0.3) is 10.9 Å². The number of alkyl halides is 3. The highest BCUT2D eigenvalue weighted by atomic mass is 19.4. The van der Waals surface area contributed by atoms with Crippen LogP contribution in [0.5, 0.6) is 5.75 Å². The maximum absolute atomic E-state index is 14.2. The molecule has 1 heterocycles. The monoisotopic (exact) mass is 504 g/mol. The van der Waals surface area contributed by atoms with Gasteiger partial charge in [-0.1, -0.05) is 19.8 Å². The standard InChI is InChI=1S/C28H35F3N2O3/c1-2-16-6-8-20(9-7-16)36-23-12-11-22-21(25(23)28(29,30)31)10-13-24(32-22)33-26-17-4-3-5-18(26)15-19(14-17)27(34)35/h10-13,16-20,26H,2-9,14-15H2,1H3,(H,32,33)(H,34,35). The number of benzene rings is 1. The fourth-order valence-electron chi connectivity index (χ4n) is 6.84. The molecule has 0 amide bonds. The first-order valence-electron chi connectivity index (χ1n) is 13.4. The van der Waals surface area contributed by atoms with Crippen molar-refractivity contribution in [2.24, 2.45) is 23.7 Å². The lowest BCUT2D eigenvalue weighted by molar-refractivity contribution is -0.144. The molecule has 2 atom stereocenters. The normalized spacial score (nSPS) is 30.7. The number of aromatic nitrogens is 1. The van der Waals surface area contributed by atoms with E-state index in [1.165, 1.54) is 12.1 Å². The number of carboxylic acids is 1. The highest BCUT2D eigenvalue weighted by Gasteiger charge is 2.43. The molecule has 1 aromatic carbocycles. The summed E-state index contributed by atoms with van der Waals surface area (Å²) in [5.74, 6) is 0.494. The second-order valence-corrected chi connectivity index (χ2v) is 11.0. The van der Waals surface area contributed by atoms with Crippen LogP contribution in [0.3, 0.4) is 0 Å². The first kappa shape index (κ1) is 25.2. The molecule has 5 rings (SSSR count). The van der Waals surface area contributed by atoms with Crippen molar-refractivity contribution in [3.8, 4) is 5.75 Å². The Morgan fingerprint density at radius 2 is 1.75 bits per heavy atom. The van der Waals surface area contributed by atoms with E-state index in [9.17, 15) is 23.1 Å². The third-order valence-corrected chi connectivity index (χ3v) is 8.79. The molecular formula is C28H35F3N2O3. The highest BCUT2D eigenvalue weighted by Crippen LogP contribution is 2.45. The number of ether oxygens (including phenoxy) is 1. The lowest BCUT2D eigenvalue weighted by Gasteiger charge is -2.45. The Labute approximate surface area is 209 Å². The maximum Gasteiger partial charge on any atom is 0.420 e. The number of fused-ring (bicyclic) bond motifs is 3. The summed E-state index contributed by atoms with van der Waals surface area (Å²) in [5, 5.41) is 13.0. The molecule has 2 unspecified atom stereocenters. The van der Waals surface area contributed by atoms with Gasteiger partial charge < -0.3 is 15.2 Å². The van der Waals surface area contributed by atoms with E-state index < -0.39 is 17.7 Å². The fourth-order valence-corrected chi connectivity index (χ4v) is 6.84. The zero-order chi connectivity index (χ0) is 25.4. The number of nitrogens with one attached hydrogen (secondary N) is 1. The van der Waals surface area contributed by atoms with E-state index in [4.69, 9.17) is 4.74 Å². The van der Waals surface area contributed by atoms with Crippen LogP contribution < -0.4 is 10.1 Å². The molecular weight excluding hydrogens is 469 g/mol. The Balaban J connectivity index is 1.38. The summed E-state index contributed by atoms with van der Waals surface area (Å²) in [6, 6.07) is 6.24. The number of hydrogen-bond acceptors (Lipinski definition) is 4. The van der Waals surface area contributed by atoms with Crippen molar-refractivity contribution in [1.82, 2.24) is 4.98 Å². The van der Waals surface area contributed by atoms with Crippen LogP contribution in [0.1, 0.15) is 76.7 Å². The third-order valence-electron chi connectivity index (χ3n) is 8.79. The number of anilines is 1. The van der Waals surface area contributed by atoms with Crippen molar-refractivity contribution in [2.45, 2.75) is 89.5 Å². The minimum Gasteiger partial charge on any atom is -0.490 e. The van der Waals surface area contributed by atoms with Gasteiger partial charge in [-0.2, -0.15) is 13.2 Å². The summed E-state index contributed by atoms with van der Waals surface area (Å²) in [6.45, 7) is 2.15. The molecule has 2 aromatic rings. The molecule has 0 aliphatic heterocycles. The fraction of sp³-hybridized carbons (Fsp3) is 0.643. The number of rotatable bonds is 6. The predicted molar refractivity (Wildman–Crippen MR) is 132 cm³/mol. The van der Waals surface area contributed by atoms with E-state index in [-0.39, 0.29) is 46.6 Å². The van der Waals surface area contributed by atoms with Gasteiger partial charge in [0.25, 0.3) is 0 Å². The van der Waals surface area contributed by atoms with E-state index in [0.29, 0.717) is 24.6 Å².